The van der Waals surface area contributed by atoms with Crippen LogP contribution in [-0.2, 0) is 0 Å². The summed E-state index contributed by atoms with van der Waals surface area (Å²) in [5.41, 5.74) is 0.634. The number of ketones is 1. The van der Waals surface area contributed by atoms with E-state index < -0.39 is 0 Å². The summed E-state index contributed by atoms with van der Waals surface area (Å²) in [6, 6.07) is 6.60. The van der Waals surface area contributed by atoms with Gasteiger partial charge in [0, 0.05) is 12.3 Å². The van der Waals surface area contributed by atoms with E-state index in [1.165, 1.54) is 12.3 Å². The second kappa shape index (κ2) is 7.04. The van der Waals surface area contributed by atoms with Gasteiger partial charge in [-0.1, -0.05) is 0 Å². The third-order valence-corrected chi connectivity index (χ3v) is 2.85. The fraction of sp³-hybridized carbons (Fsp3) is 0.267. The molecule has 0 N–H and O–H groups in total. The van der Waals surface area contributed by atoms with Crippen LogP contribution in [0.1, 0.15) is 29.9 Å². The van der Waals surface area contributed by atoms with Crippen LogP contribution in [0.4, 0.5) is 0 Å². The summed E-state index contributed by atoms with van der Waals surface area (Å²) in [5, 5.41) is 0.0322. The van der Waals surface area contributed by atoms with E-state index in [0.717, 1.165) is 0 Å². The second-order valence-electron chi connectivity index (χ2n) is 4.06. The van der Waals surface area contributed by atoms with Crippen molar-refractivity contribution in [1.29, 1.82) is 0 Å². The van der Waals surface area contributed by atoms with Gasteiger partial charge in [-0.15, -0.1) is 0 Å². The minimum atomic E-state index is -0.272. The standard InChI is InChI=1S/C15H15ClN2O3/c1-3-20-10-5-6-11(13(9-10)21-4-2)14(19)12-7-8-17-15(16)18-12/h5-9H,3-4H2,1-2H3. The van der Waals surface area contributed by atoms with Crippen molar-refractivity contribution in [2.24, 2.45) is 0 Å². The SMILES string of the molecule is CCOc1ccc(C(=O)c2ccnc(Cl)n2)c(OCC)c1. The molecule has 0 saturated heterocycles. The maximum Gasteiger partial charge on any atom is 0.222 e. The fourth-order valence-electron chi connectivity index (χ4n) is 1.82. The lowest BCUT2D eigenvalue weighted by atomic mass is 10.1. The molecule has 0 atom stereocenters. The fourth-order valence-corrected chi connectivity index (χ4v) is 1.97. The zero-order chi connectivity index (χ0) is 15.2. The molecular formula is C15H15ClN2O3. The molecule has 0 radical (unpaired) electrons. The lowest BCUT2D eigenvalue weighted by Crippen LogP contribution is -2.08. The van der Waals surface area contributed by atoms with Gasteiger partial charge in [-0.25, -0.2) is 9.97 Å². The van der Waals surface area contributed by atoms with Crippen molar-refractivity contribution >= 4 is 17.4 Å². The molecule has 6 heteroatoms. The molecule has 0 amide bonds. The third kappa shape index (κ3) is 3.70. The first-order valence-corrected chi connectivity index (χ1v) is 6.96. The Hall–Kier alpha value is -2.14. The minimum Gasteiger partial charge on any atom is -0.494 e. The smallest absolute Gasteiger partial charge is 0.222 e. The Labute approximate surface area is 127 Å². The van der Waals surface area contributed by atoms with E-state index in [2.05, 4.69) is 9.97 Å². The van der Waals surface area contributed by atoms with Gasteiger partial charge in [0.05, 0.1) is 18.8 Å². The van der Waals surface area contributed by atoms with Crippen LogP contribution in [-0.4, -0.2) is 29.0 Å². The number of aromatic nitrogens is 2. The first kappa shape index (κ1) is 15.3. The number of rotatable bonds is 6. The molecule has 110 valence electrons. The van der Waals surface area contributed by atoms with Gasteiger partial charge in [0.2, 0.25) is 11.1 Å². The third-order valence-electron chi connectivity index (χ3n) is 2.67. The van der Waals surface area contributed by atoms with E-state index in [1.807, 2.05) is 13.8 Å². The number of carbonyl (C=O) groups is 1. The maximum absolute atomic E-state index is 12.5. The van der Waals surface area contributed by atoms with Crippen molar-refractivity contribution in [2.45, 2.75) is 13.8 Å². The molecule has 0 saturated carbocycles. The monoisotopic (exact) mass is 306 g/mol. The van der Waals surface area contributed by atoms with E-state index in [-0.39, 0.29) is 16.8 Å². The zero-order valence-corrected chi connectivity index (χ0v) is 12.6. The van der Waals surface area contributed by atoms with Gasteiger partial charge in [0.1, 0.15) is 17.2 Å². The van der Waals surface area contributed by atoms with Crippen molar-refractivity contribution in [2.75, 3.05) is 13.2 Å². The molecular weight excluding hydrogens is 292 g/mol. The Morgan fingerprint density at radius 2 is 1.95 bits per heavy atom. The van der Waals surface area contributed by atoms with Crippen LogP contribution in [0.3, 0.4) is 0 Å². The van der Waals surface area contributed by atoms with E-state index in [4.69, 9.17) is 21.1 Å². The normalized spacial score (nSPS) is 10.2. The Bertz CT molecular complexity index is 647. The number of nitrogens with zero attached hydrogens (tertiary/aromatic N) is 2. The highest BCUT2D eigenvalue weighted by Crippen LogP contribution is 2.27. The average Bonchev–Trinajstić information content (AvgIpc) is 2.48. The number of ether oxygens (including phenoxy) is 2. The molecule has 0 bridgehead atoms. The quantitative estimate of drug-likeness (QED) is 0.606. The molecule has 0 aliphatic heterocycles. The highest BCUT2D eigenvalue weighted by Gasteiger charge is 2.17. The molecule has 0 aliphatic rings. The zero-order valence-electron chi connectivity index (χ0n) is 11.8. The molecule has 21 heavy (non-hydrogen) atoms. The van der Waals surface area contributed by atoms with Crippen molar-refractivity contribution in [1.82, 2.24) is 9.97 Å². The van der Waals surface area contributed by atoms with E-state index in [1.54, 1.807) is 18.2 Å². The van der Waals surface area contributed by atoms with Gasteiger partial charge in [-0.2, -0.15) is 0 Å². The van der Waals surface area contributed by atoms with E-state index >= 15 is 0 Å². The van der Waals surface area contributed by atoms with Crippen LogP contribution < -0.4 is 9.47 Å². The lowest BCUT2D eigenvalue weighted by molar-refractivity contribution is 0.103. The number of hydrogen-bond acceptors (Lipinski definition) is 5. The number of carbonyl (C=O) groups excluding carboxylic acids is 1. The number of halogens is 1. The summed E-state index contributed by atoms with van der Waals surface area (Å²) in [6.07, 6.45) is 1.44. The summed E-state index contributed by atoms with van der Waals surface area (Å²) < 4.78 is 10.9. The van der Waals surface area contributed by atoms with Gasteiger partial charge >= 0.3 is 0 Å². The van der Waals surface area contributed by atoms with Gasteiger partial charge in [-0.05, 0) is 43.6 Å². The van der Waals surface area contributed by atoms with Crippen molar-refractivity contribution in [3.63, 3.8) is 0 Å². The Kier molecular flexibility index (Phi) is 5.11. The molecule has 5 nitrogen and oxygen atoms in total. The van der Waals surface area contributed by atoms with Crippen LogP contribution in [0, 0.1) is 0 Å². The van der Waals surface area contributed by atoms with Gasteiger partial charge in [0.15, 0.2) is 0 Å². The average molecular weight is 307 g/mol. The van der Waals surface area contributed by atoms with E-state index in [9.17, 15) is 4.79 Å². The van der Waals surface area contributed by atoms with Crippen LogP contribution in [0.2, 0.25) is 5.28 Å². The topological polar surface area (TPSA) is 61.3 Å². The number of benzene rings is 1. The first-order valence-electron chi connectivity index (χ1n) is 6.58. The summed E-state index contributed by atoms with van der Waals surface area (Å²) in [4.78, 5) is 20.2. The summed E-state index contributed by atoms with van der Waals surface area (Å²) in [7, 11) is 0. The largest absolute Gasteiger partial charge is 0.494 e. The molecule has 1 aromatic carbocycles. The van der Waals surface area contributed by atoms with Crippen LogP contribution in [0.25, 0.3) is 0 Å². The predicted octanol–water partition coefficient (Wildman–Crippen LogP) is 3.16. The number of hydrogen-bond donors (Lipinski definition) is 0. The Morgan fingerprint density at radius 3 is 2.62 bits per heavy atom. The van der Waals surface area contributed by atoms with Crippen LogP contribution >= 0.6 is 11.6 Å². The van der Waals surface area contributed by atoms with Crippen molar-refractivity contribution in [3.8, 4) is 11.5 Å². The highest BCUT2D eigenvalue weighted by molar-refractivity contribution is 6.28. The molecule has 0 spiro atoms. The van der Waals surface area contributed by atoms with Crippen molar-refractivity contribution < 1.29 is 14.3 Å². The summed E-state index contributed by atoms with van der Waals surface area (Å²) in [6.45, 7) is 4.73. The van der Waals surface area contributed by atoms with Crippen LogP contribution in [0.15, 0.2) is 30.5 Å². The van der Waals surface area contributed by atoms with Gasteiger partial charge < -0.3 is 9.47 Å². The molecule has 2 rings (SSSR count). The summed E-state index contributed by atoms with van der Waals surface area (Å²) in [5.74, 6) is 0.840. The molecule has 1 aromatic heterocycles. The molecule has 0 aliphatic carbocycles. The molecule has 0 fully saturated rings. The van der Waals surface area contributed by atoms with Crippen molar-refractivity contribution in [3.05, 3.63) is 47.0 Å². The molecule has 1 heterocycles. The molecule has 2 aromatic rings. The Balaban J connectivity index is 2.39. The Morgan fingerprint density at radius 1 is 1.19 bits per heavy atom. The summed E-state index contributed by atoms with van der Waals surface area (Å²) >= 11 is 5.72. The van der Waals surface area contributed by atoms with Gasteiger partial charge in [-0.3, -0.25) is 4.79 Å². The highest BCUT2D eigenvalue weighted by atomic mass is 35.5. The predicted molar refractivity (Wildman–Crippen MR) is 79.3 cm³/mol. The van der Waals surface area contributed by atoms with E-state index in [0.29, 0.717) is 30.3 Å². The second-order valence-corrected chi connectivity index (χ2v) is 4.40. The van der Waals surface area contributed by atoms with Crippen LogP contribution in [0.5, 0.6) is 11.5 Å². The van der Waals surface area contributed by atoms with Gasteiger partial charge in [0.25, 0.3) is 0 Å². The lowest BCUT2D eigenvalue weighted by Gasteiger charge is -2.11. The molecule has 0 unspecified atom stereocenters. The first-order chi connectivity index (χ1) is 10.2. The minimum absolute atomic E-state index is 0.0322. The maximum atomic E-state index is 12.5.